The molecule has 0 aromatic rings. The van der Waals surface area contributed by atoms with Gasteiger partial charge in [-0.25, -0.2) is 0 Å². The Kier molecular flexibility index (Phi) is 21.3. The second-order valence-electron chi connectivity index (χ2n) is 1.31. The summed E-state index contributed by atoms with van der Waals surface area (Å²) in [4.78, 5) is 0. The highest BCUT2D eigenvalue weighted by Crippen LogP contribution is 1.78. The molecule has 0 aliphatic heterocycles. The predicted octanol–water partition coefficient (Wildman–Crippen LogP) is -0.931. The van der Waals surface area contributed by atoms with Crippen molar-refractivity contribution < 1.29 is 0 Å². The van der Waals surface area contributed by atoms with Crippen molar-refractivity contribution in [2.24, 2.45) is 17.5 Å². The molecule has 0 saturated heterocycles. The topological polar surface area (TPSA) is 90.1 Å². The lowest BCUT2D eigenvalue weighted by Gasteiger charge is -1.89. The molecule has 0 aliphatic carbocycles. The van der Waals surface area contributed by atoms with Crippen LogP contribution >= 0.6 is 0 Å². The summed E-state index contributed by atoms with van der Waals surface area (Å²) in [6.07, 6.45) is 2.39. The van der Waals surface area contributed by atoms with Gasteiger partial charge >= 0.3 is 0 Å². The minimum atomic E-state index is 0.941. The van der Waals surface area contributed by atoms with Gasteiger partial charge in [-0.2, -0.15) is 0 Å². The molecular weight excluding hydrogens is 104 g/mol. The van der Waals surface area contributed by atoms with Crippen LogP contribution in [0.2, 0.25) is 0 Å². The summed E-state index contributed by atoms with van der Waals surface area (Å²) in [6, 6.07) is 0. The summed E-state index contributed by atoms with van der Waals surface area (Å²) in [5, 5.41) is 0. The highest BCUT2D eigenvalue weighted by molar-refractivity contribution is 4.33. The molecule has 0 radical (unpaired) electrons. The van der Waals surface area contributed by atoms with Gasteiger partial charge in [-0.1, -0.05) is 13.3 Å². The Hall–Kier alpha value is -0.160. The molecule has 0 aromatic carbocycles. The molecular formula is C4H16N4. The average Bonchev–Trinajstić information content (AvgIpc) is 1.88. The van der Waals surface area contributed by atoms with Gasteiger partial charge in [0.2, 0.25) is 0 Å². The van der Waals surface area contributed by atoms with E-state index in [0.717, 1.165) is 6.54 Å². The van der Waals surface area contributed by atoms with Crippen molar-refractivity contribution in [3.63, 3.8) is 0 Å². The quantitative estimate of drug-likeness (QED) is 0.220. The minimum absolute atomic E-state index is 0.941. The van der Waals surface area contributed by atoms with Gasteiger partial charge in [0.25, 0.3) is 0 Å². The lowest BCUT2D eigenvalue weighted by Crippen LogP contribution is -2.22. The lowest BCUT2D eigenvalue weighted by atomic mass is 10.3. The summed E-state index contributed by atoms with van der Waals surface area (Å²) < 4.78 is 0. The van der Waals surface area contributed by atoms with E-state index < -0.39 is 0 Å². The fraction of sp³-hybridized carbons (Fsp3) is 1.00. The van der Waals surface area contributed by atoms with Crippen LogP contribution in [0.4, 0.5) is 0 Å². The smallest absolute Gasteiger partial charge is 0.00973 e. The lowest BCUT2D eigenvalue weighted by molar-refractivity contribution is 0.669. The van der Waals surface area contributed by atoms with E-state index in [1.807, 2.05) is 0 Å². The molecule has 0 spiro atoms. The van der Waals surface area contributed by atoms with E-state index >= 15 is 0 Å². The number of nitrogens with two attached hydrogens (primary N) is 3. The largest absolute Gasteiger partial charge is 0.274 e. The Balaban J connectivity index is 0. The maximum absolute atomic E-state index is 4.96. The van der Waals surface area contributed by atoms with E-state index in [4.69, 9.17) is 5.84 Å². The highest BCUT2D eigenvalue weighted by atomic mass is 15.2. The van der Waals surface area contributed by atoms with Crippen LogP contribution in [0.15, 0.2) is 0 Å². The van der Waals surface area contributed by atoms with Gasteiger partial charge in [0, 0.05) is 6.54 Å². The number of hydrogen-bond donors (Lipinski definition) is 4. The van der Waals surface area contributed by atoms with E-state index in [1.54, 1.807) is 0 Å². The number of hydrogen-bond acceptors (Lipinski definition) is 4. The zero-order valence-electron chi connectivity index (χ0n) is 5.35. The molecule has 0 bridgehead atoms. The minimum Gasteiger partial charge on any atom is -0.274 e. The standard InChI is InChI=1S/C4H12N2.H4N2/c1-2-3-4-6-5;1-2/h6H,2-5H2,1H3;1-2H2. The van der Waals surface area contributed by atoms with E-state index in [1.165, 1.54) is 12.8 Å². The molecule has 0 aromatic heterocycles. The van der Waals surface area contributed by atoms with Gasteiger partial charge in [0.15, 0.2) is 0 Å². The van der Waals surface area contributed by atoms with Crippen molar-refractivity contribution in [1.82, 2.24) is 5.43 Å². The Morgan fingerprint density at radius 3 is 2.00 bits per heavy atom. The van der Waals surface area contributed by atoms with E-state index in [-0.39, 0.29) is 0 Å². The van der Waals surface area contributed by atoms with Crippen molar-refractivity contribution in [3.05, 3.63) is 0 Å². The maximum Gasteiger partial charge on any atom is 0.00973 e. The molecule has 0 rings (SSSR count). The van der Waals surface area contributed by atoms with E-state index in [9.17, 15) is 0 Å². The first-order chi connectivity index (χ1) is 3.91. The third-order valence-corrected chi connectivity index (χ3v) is 0.675. The molecule has 52 valence electrons. The van der Waals surface area contributed by atoms with Crippen LogP contribution in [-0.4, -0.2) is 6.54 Å². The van der Waals surface area contributed by atoms with Gasteiger partial charge in [-0.3, -0.25) is 23.0 Å². The first-order valence-electron chi connectivity index (χ1n) is 2.68. The maximum atomic E-state index is 4.96. The molecule has 0 aliphatic rings. The van der Waals surface area contributed by atoms with Crippen molar-refractivity contribution in [3.8, 4) is 0 Å². The van der Waals surface area contributed by atoms with Crippen LogP contribution < -0.4 is 23.0 Å². The van der Waals surface area contributed by atoms with Gasteiger partial charge in [-0.15, -0.1) is 0 Å². The number of rotatable bonds is 3. The first-order valence-corrected chi connectivity index (χ1v) is 2.68. The van der Waals surface area contributed by atoms with Crippen molar-refractivity contribution >= 4 is 0 Å². The van der Waals surface area contributed by atoms with Crippen LogP contribution in [0.25, 0.3) is 0 Å². The summed E-state index contributed by atoms with van der Waals surface area (Å²) in [7, 11) is 0. The van der Waals surface area contributed by atoms with E-state index in [0.29, 0.717) is 0 Å². The zero-order valence-corrected chi connectivity index (χ0v) is 5.35. The van der Waals surface area contributed by atoms with Crippen LogP contribution in [0, 0.1) is 0 Å². The van der Waals surface area contributed by atoms with Crippen molar-refractivity contribution in [2.45, 2.75) is 19.8 Å². The zero-order chi connectivity index (χ0) is 6.83. The number of unbranched alkanes of at least 4 members (excludes halogenated alkanes) is 1. The molecule has 0 fully saturated rings. The number of nitrogens with one attached hydrogen (secondary N) is 1. The third-order valence-electron chi connectivity index (χ3n) is 0.675. The molecule has 4 nitrogen and oxygen atoms in total. The summed E-state index contributed by atoms with van der Waals surface area (Å²) in [5.41, 5.74) is 2.57. The third kappa shape index (κ3) is 17.0. The second-order valence-corrected chi connectivity index (χ2v) is 1.31. The monoisotopic (exact) mass is 120 g/mol. The predicted molar refractivity (Wildman–Crippen MR) is 35.5 cm³/mol. The Morgan fingerprint density at radius 2 is 1.88 bits per heavy atom. The molecule has 7 N–H and O–H groups in total. The van der Waals surface area contributed by atoms with Crippen LogP contribution in [0.3, 0.4) is 0 Å². The summed E-state index contributed by atoms with van der Waals surface area (Å²) in [6.45, 7) is 3.08. The van der Waals surface area contributed by atoms with E-state index in [2.05, 4.69) is 24.0 Å². The Morgan fingerprint density at radius 1 is 1.38 bits per heavy atom. The molecule has 0 heterocycles. The molecule has 0 unspecified atom stereocenters. The highest BCUT2D eigenvalue weighted by Gasteiger charge is 1.73. The average molecular weight is 120 g/mol. The molecule has 8 heavy (non-hydrogen) atoms. The molecule has 4 heteroatoms. The Labute approximate surface area is 50.3 Å². The van der Waals surface area contributed by atoms with Crippen molar-refractivity contribution in [2.75, 3.05) is 6.54 Å². The molecule has 0 saturated carbocycles. The fourth-order valence-corrected chi connectivity index (χ4v) is 0.279. The van der Waals surface area contributed by atoms with Crippen LogP contribution in [-0.2, 0) is 0 Å². The molecule has 0 atom stereocenters. The van der Waals surface area contributed by atoms with Crippen LogP contribution in [0.5, 0.6) is 0 Å². The SMILES string of the molecule is CCCCNN.NN. The Bertz CT molecular complexity index is 20.0. The van der Waals surface area contributed by atoms with Crippen molar-refractivity contribution in [1.29, 1.82) is 0 Å². The second kappa shape index (κ2) is 15.8. The normalized spacial score (nSPS) is 7.50. The van der Waals surface area contributed by atoms with Gasteiger partial charge in [0.05, 0.1) is 0 Å². The van der Waals surface area contributed by atoms with Crippen LogP contribution in [0.1, 0.15) is 19.8 Å². The number of hydrazine groups is 2. The van der Waals surface area contributed by atoms with Gasteiger partial charge in [-0.05, 0) is 6.42 Å². The van der Waals surface area contributed by atoms with Gasteiger partial charge < -0.3 is 0 Å². The van der Waals surface area contributed by atoms with Gasteiger partial charge in [0.1, 0.15) is 0 Å². The first kappa shape index (κ1) is 10.8. The summed E-state index contributed by atoms with van der Waals surface area (Å²) in [5.74, 6) is 13.0. The summed E-state index contributed by atoms with van der Waals surface area (Å²) >= 11 is 0. The molecule has 0 amide bonds. The fourth-order valence-electron chi connectivity index (χ4n) is 0.279.